The molecule has 1 aliphatic rings. The third-order valence-electron chi connectivity index (χ3n) is 5.29. The molecular weight excluding hydrogens is 343 g/mol. The predicted molar refractivity (Wildman–Crippen MR) is 106 cm³/mol. The Morgan fingerprint density at radius 3 is 1.88 bits per heavy atom. The third-order valence-corrected chi connectivity index (χ3v) is 10.4. The second-order valence-corrected chi connectivity index (χ2v) is 12.4. The average molecular weight is 371 g/mol. The van der Waals surface area contributed by atoms with Crippen LogP contribution >= 0.6 is 0 Å². The minimum atomic E-state index is -2.67. The van der Waals surface area contributed by atoms with Crippen molar-refractivity contribution in [2.45, 2.75) is 57.3 Å². The highest BCUT2D eigenvalue weighted by molar-refractivity contribution is 6.99. The molecule has 1 saturated carbocycles. The van der Waals surface area contributed by atoms with E-state index in [9.17, 15) is 9.18 Å². The van der Waals surface area contributed by atoms with Gasteiger partial charge in [0.15, 0.2) is 12.0 Å². The maximum atomic E-state index is 14.1. The number of carbonyl (C=O) groups excluding carboxylic acids is 1. The summed E-state index contributed by atoms with van der Waals surface area (Å²) in [5, 5.41) is 2.24. The van der Waals surface area contributed by atoms with E-state index in [2.05, 4.69) is 45.0 Å². The van der Waals surface area contributed by atoms with Gasteiger partial charge in [-0.25, -0.2) is 4.39 Å². The number of alkyl halides is 1. The number of benzene rings is 2. The minimum absolute atomic E-state index is 0.136. The Kier molecular flexibility index (Phi) is 5.44. The Balaban J connectivity index is 2.10. The van der Waals surface area contributed by atoms with Crippen molar-refractivity contribution in [2.24, 2.45) is 0 Å². The fourth-order valence-corrected chi connectivity index (χ4v) is 8.72. The van der Waals surface area contributed by atoms with E-state index in [4.69, 9.17) is 4.43 Å². The lowest BCUT2D eigenvalue weighted by atomic mass is 9.95. The van der Waals surface area contributed by atoms with E-state index >= 15 is 0 Å². The molecule has 2 aromatic rings. The molecule has 0 N–H and O–H groups in total. The summed E-state index contributed by atoms with van der Waals surface area (Å²) in [5.74, 6) is -0.285. The monoisotopic (exact) mass is 370 g/mol. The average Bonchev–Trinajstić information content (AvgIpc) is 2.63. The van der Waals surface area contributed by atoms with Crippen molar-refractivity contribution in [2.75, 3.05) is 0 Å². The summed E-state index contributed by atoms with van der Waals surface area (Å²) >= 11 is 0. The van der Waals surface area contributed by atoms with Crippen LogP contribution in [0.15, 0.2) is 60.7 Å². The number of hydrogen-bond donors (Lipinski definition) is 0. The molecule has 1 fully saturated rings. The Morgan fingerprint density at radius 2 is 1.46 bits per heavy atom. The summed E-state index contributed by atoms with van der Waals surface area (Å²) < 4.78 is 21.0. The third kappa shape index (κ3) is 3.53. The molecule has 3 rings (SSSR count). The van der Waals surface area contributed by atoms with Crippen LogP contribution < -0.4 is 10.4 Å². The summed E-state index contributed by atoms with van der Waals surface area (Å²) in [4.78, 5) is 11.6. The molecule has 2 nitrogen and oxygen atoms in total. The first-order chi connectivity index (χ1) is 12.3. The van der Waals surface area contributed by atoms with Crippen LogP contribution in [0.2, 0.25) is 5.04 Å². The lowest BCUT2D eigenvalue weighted by Gasteiger charge is -2.46. The van der Waals surface area contributed by atoms with Crippen LogP contribution in [0.25, 0.3) is 0 Å². The molecule has 4 heteroatoms. The summed E-state index contributed by atoms with van der Waals surface area (Å²) in [6.45, 7) is 6.63. The number of carbonyl (C=O) groups is 1. The van der Waals surface area contributed by atoms with E-state index in [-0.39, 0.29) is 29.8 Å². The van der Waals surface area contributed by atoms with Crippen molar-refractivity contribution in [1.82, 2.24) is 0 Å². The quantitative estimate of drug-likeness (QED) is 0.760. The topological polar surface area (TPSA) is 26.3 Å². The second-order valence-electron chi connectivity index (χ2n) is 8.11. The van der Waals surface area contributed by atoms with Gasteiger partial charge in [-0.05, 0) is 21.8 Å². The Bertz CT molecular complexity index is 700. The van der Waals surface area contributed by atoms with Gasteiger partial charge in [-0.2, -0.15) is 0 Å². The first-order valence-electron chi connectivity index (χ1n) is 9.30. The Labute approximate surface area is 156 Å². The molecule has 0 amide bonds. The van der Waals surface area contributed by atoms with Gasteiger partial charge < -0.3 is 4.43 Å². The number of halogens is 1. The standard InChI is InChI=1S/C22H27FO2Si/c1-22(2,3)26(18-10-6-4-7-11-18,19-12-8-5-9-13-19)25-17-14-15-21(24)20(23)16-17/h4-13,17,20H,14-16H2,1-3H3/t17-,20+/m1/s1. The highest BCUT2D eigenvalue weighted by Gasteiger charge is 2.52. The van der Waals surface area contributed by atoms with E-state index in [1.165, 1.54) is 10.4 Å². The minimum Gasteiger partial charge on any atom is -0.404 e. The van der Waals surface area contributed by atoms with Crippen LogP contribution in [0.1, 0.15) is 40.0 Å². The Hall–Kier alpha value is -1.78. The first kappa shape index (κ1) is 19.0. The van der Waals surface area contributed by atoms with E-state index in [1.54, 1.807) is 0 Å². The van der Waals surface area contributed by atoms with Crippen LogP contribution in [-0.2, 0) is 9.22 Å². The smallest absolute Gasteiger partial charge is 0.261 e. The SMILES string of the molecule is CC(C)(C)[Si](O[C@@H]1CCC(=O)[C@@H](F)C1)(c1ccccc1)c1ccccc1. The number of ketones is 1. The maximum absolute atomic E-state index is 14.1. The lowest BCUT2D eigenvalue weighted by Crippen LogP contribution is -2.68. The zero-order valence-corrected chi connectivity index (χ0v) is 16.7. The second kappa shape index (κ2) is 7.45. The van der Waals surface area contributed by atoms with Gasteiger partial charge in [-0.3, -0.25) is 4.79 Å². The summed E-state index contributed by atoms with van der Waals surface area (Å²) in [6, 6.07) is 20.7. The molecule has 2 atom stereocenters. The van der Waals surface area contributed by atoms with Crippen LogP contribution in [-0.4, -0.2) is 26.4 Å². The largest absolute Gasteiger partial charge is 0.404 e. The molecule has 0 unspecified atom stereocenters. The van der Waals surface area contributed by atoms with Gasteiger partial charge in [0.25, 0.3) is 8.32 Å². The summed E-state index contributed by atoms with van der Waals surface area (Å²) in [5.41, 5.74) is 0. The van der Waals surface area contributed by atoms with Crippen LogP contribution in [0, 0.1) is 0 Å². The molecule has 0 aliphatic heterocycles. The molecule has 0 bridgehead atoms. The fourth-order valence-electron chi connectivity index (χ4n) is 3.99. The highest BCUT2D eigenvalue weighted by atomic mass is 28.4. The maximum Gasteiger partial charge on any atom is 0.261 e. The molecule has 1 aliphatic carbocycles. The number of Topliss-reactive ketones (excluding diaryl/α,β-unsaturated/α-hetero) is 1. The van der Waals surface area contributed by atoms with Gasteiger partial charge in [-0.15, -0.1) is 0 Å². The summed E-state index contributed by atoms with van der Waals surface area (Å²) in [7, 11) is -2.67. The molecular formula is C22H27FO2Si. The summed E-state index contributed by atoms with van der Waals surface area (Å²) in [6.07, 6.45) is -0.585. The molecule has 0 radical (unpaired) electrons. The zero-order chi connectivity index (χ0) is 18.8. The molecule has 0 heterocycles. The Morgan fingerprint density at radius 1 is 0.962 bits per heavy atom. The van der Waals surface area contributed by atoms with Gasteiger partial charge in [0.05, 0.1) is 0 Å². The molecule has 2 aromatic carbocycles. The van der Waals surface area contributed by atoms with E-state index in [0.29, 0.717) is 6.42 Å². The first-order valence-corrected chi connectivity index (χ1v) is 11.2. The van der Waals surface area contributed by atoms with Crippen LogP contribution in [0.4, 0.5) is 4.39 Å². The van der Waals surface area contributed by atoms with Gasteiger partial charge in [0.1, 0.15) is 0 Å². The van der Waals surface area contributed by atoms with Gasteiger partial charge in [-0.1, -0.05) is 81.4 Å². The van der Waals surface area contributed by atoms with Gasteiger partial charge >= 0.3 is 0 Å². The highest BCUT2D eigenvalue weighted by Crippen LogP contribution is 2.39. The fraction of sp³-hybridized carbons (Fsp3) is 0.409. The van der Waals surface area contributed by atoms with E-state index < -0.39 is 14.5 Å². The molecule has 0 aromatic heterocycles. The zero-order valence-electron chi connectivity index (χ0n) is 15.7. The van der Waals surface area contributed by atoms with Crippen molar-refractivity contribution in [3.05, 3.63) is 60.7 Å². The molecule has 138 valence electrons. The lowest BCUT2D eigenvalue weighted by molar-refractivity contribution is -0.127. The van der Waals surface area contributed by atoms with E-state index in [1.807, 2.05) is 36.4 Å². The van der Waals surface area contributed by atoms with Crippen molar-refractivity contribution in [1.29, 1.82) is 0 Å². The van der Waals surface area contributed by atoms with Gasteiger partial charge in [0.2, 0.25) is 0 Å². The predicted octanol–water partition coefficient (Wildman–Crippen LogP) is 4.02. The molecule has 26 heavy (non-hydrogen) atoms. The normalized spacial score (nSPS) is 21.6. The van der Waals surface area contributed by atoms with Crippen molar-refractivity contribution in [3.63, 3.8) is 0 Å². The van der Waals surface area contributed by atoms with Gasteiger partial charge in [0, 0.05) is 18.9 Å². The number of rotatable bonds is 4. The van der Waals surface area contributed by atoms with Crippen molar-refractivity contribution < 1.29 is 13.6 Å². The van der Waals surface area contributed by atoms with Crippen LogP contribution in [0.5, 0.6) is 0 Å². The van der Waals surface area contributed by atoms with Crippen molar-refractivity contribution >= 4 is 24.5 Å². The molecule has 0 spiro atoms. The van der Waals surface area contributed by atoms with Crippen LogP contribution in [0.3, 0.4) is 0 Å². The number of hydrogen-bond acceptors (Lipinski definition) is 2. The molecule has 0 saturated heterocycles. The van der Waals surface area contributed by atoms with E-state index in [0.717, 1.165) is 0 Å². The van der Waals surface area contributed by atoms with Crippen molar-refractivity contribution in [3.8, 4) is 0 Å².